The number of azide groups is 1. The van der Waals surface area contributed by atoms with Crippen molar-refractivity contribution in [2.75, 3.05) is 0 Å². The molecule has 0 saturated heterocycles. The molecular formula is HN4NaO2. The fourth-order valence-corrected chi connectivity index (χ4v) is 0.0312. The van der Waals surface area contributed by atoms with Crippen molar-refractivity contribution in [1.82, 2.24) is 0 Å². The monoisotopic (exact) mass is 112 g/mol. The van der Waals surface area contributed by atoms with E-state index >= 15 is 0 Å². The molecule has 0 N–H and O–H groups in total. The third-order valence-electron chi connectivity index (χ3n) is 0.106. The molecule has 34 valence electrons. The van der Waals surface area contributed by atoms with Crippen LogP contribution in [0.5, 0.6) is 0 Å². The Morgan fingerprint density at radius 1 is 1.71 bits per heavy atom. The van der Waals surface area contributed by atoms with Gasteiger partial charge in [0, 0.05) is 4.91 Å². The normalized spacial score (nSPS) is 4.57. The minimum atomic E-state index is 0. The molecule has 0 bridgehead atoms. The Morgan fingerprint density at radius 2 is 2.29 bits per heavy atom. The molecule has 0 atom stereocenters. The summed E-state index contributed by atoms with van der Waals surface area (Å²) in [5, 5.41) is 4.05. The van der Waals surface area contributed by atoms with Gasteiger partial charge in [0.25, 0.3) is 0 Å². The Balaban J connectivity index is 0. The van der Waals surface area contributed by atoms with E-state index in [0.717, 1.165) is 0 Å². The molecule has 0 amide bonds. The molecule has 0 radical (unpaired) electrons. The van der Waals surface area contributed by atoms with Crippen molar-refractivity contribution in [3.05, 3.63) is 15.3 Å². The maximum absolute atomic E-state index is 8.83. The molecule has 0 aliphatic heterocycles. The fraction of sp³-hybridized carbons (Fsp3) is 0. The molecule has 0 aliphatic rings. The van der Waals surface area contributed by atoms with Crippen LogP contribution in [0.3, 0.4) is 0 Å². The van der Waals surface area contributed by atoms with Crippen molar-refractivity contribution in [3.63, 3.8) is 0 Å². The van der Waals surface area contributed by atoms with Gasteiger partial charge >= 0.3 is 29.6 Å². The van der Waals surface area contributed by atoms with Crippen LogP contribution < -0.4 is 0 Å². The Bertz CT molecular complexity index is 83.7. The van der Waals surface area contributed by atoms with E-state index in [1.54, 1.807) is 5.34 Å². The first-order chi connectivity index (χ1) is 2.91. The third kappa shape index (κ3) is 10.7. The van der Waals surface area contributed by atoms with Gasteiger partial charge in [0.05, 0.1) is 0 Å². The second-order valence-corrected chi connectivity index (χ2v) is 0.327. The van der Waals surface area contributed by atoms with E-state index in [0.29, 0.717) is 0 Å². The van der Waals surface area contributed by atoms with E-state index in [1.807, 2.05) is 4.91 Å². The molecule has 7 heavy (non-hydrogen) atoms. The average molecular weight is 112 g/mol. The molecule has 0 aromatic rings. The van der Waals surface area contributed by atoms with Crippen molar-refractivity contribution in [3.8, 4) is 0 Å². The first kappa shape index (κ1) is 9.86. The second-order valence-electron chi connectivity index (χ2n) is 0.327. The van der Waals surface area contributed by atoms with Crippen LogP contribution in [0.2, 0.25) is 0 Å². The van der Waals surface area contributed by atoms with Crippen LogP contribution in [0, 0.1) is 4.91 Å². The molecule has 0 aliphatic carbocycles. The van der Waals surface area contributed by atoms with Gasteiger partial charge < -0.3 is 0 Å². The van der Waals surface area contributed by atoms with Crippen LogP contribution in [0.25, 0.3) is 10.4 Å². The van der Waals surface area contributed by atoms with Gasteiger partial charge in [0.2, 0.25) is 0 Å². The molecule has 6 nitrogen and oxygen atoms in total. The van der Waals surface area contributed by atoms with Crippen molar-refractivity contribution in [2.24, 2.45) is 10.6 Å². The summed E-state index contributed by atoms with van der Waals surface area (Å²) in [5.74, 6) is 0. The van der Waals surface area contributed by atoms with Gasteiger partial charge in [0.1, 0.15) is 5.28 Å². The standard InChI is InChI=1S/N4O2.Na.H/c1-2-3-6-4-5;;. The molecule has 0 fully saturated rings. The first-order valence-electron chi connectivity index (χ1n) is 0.948. The quantitative estimate of drug-likeness (QED) is 0.128. The van der Waals surface area contributed by atoms with Crippen LogP contribution in [0.4, 0.5) is 0 Å². The Labute approximate surface area is 60.6 Å². The topological polar surface area (TPSA) is 87.4 Å². The zero-order chi connectivity index (χ0) is 4.83. The van der Waals surface area contributed by atoms with Gasteiger partial charge in [-0.3, -0.25) is 0 Å². The van der Waals surface area contributed by atoms with E-state index in [4.69, 9.17) is 10.4 Å². The van der Waals surface area contributed by atoms with E-state index in [9.17, 15) is 0 Å². The first-order valence-corrected chi connectivity index (χ1v) is 0.948. The van der Waals surface area contributed by atoms with E-state index < -0.39 is 0 Å². The molecule has 0 aromatic carbocycles. The molecule has 7 heteroatoms. The van der Waals surface area contributed by atoms with Gasteiger partial charge in [-0.15, -0.1) is 4.91 Å². The Kier molecular flexibility index (Phi) is 13.0. The Morgan fingerprint density at radius 3 is 2.43 bits per heavy atom. The number of rotatable bonds is 2. The summed E-state index contributed by atoms with van der Waals surface area (Å²) >= 11 is 0. The summed E-state index contributed by atoms with van der Waals surface area (Å²) in [5.41, 5.74) is 7.33. The van der Waals surface area contributed by atoms with Gasteiger partial charge in [-0.25, -0.2) is 4.94 Å². The molecule has 0 aromatic heterocycles. The van der Waals surface area contributed by atoms with Gasteiger partial charge in [-0.2, -0.15) is 0 Å². The van der Waals surface area contributed by atoms with Crippen LogP contribution in [-0.2, 0) is 4.94 Å². The molecule has 0 saturated carbocycles. The summed E-state index contributed by atoms with van der Waals surface area (Å²) in [4.78, 5) is 14.1. The molecule has 0 unspecified atom stereocenters. The molecular weight excluding hydrogens is 111 g/mol. The summed E-state index contributed by atoms with van der Waals surface area (Å²) in [6.45, 7) is 0. The van der Waals surface area contributed by atoms with Gasteiger partial charge in [-0.1, -0.05) is 0 Å². The minimum absolute atomic E-state index is 0. The predicted molar refractivity (Wildman–Crippen MR) is 23.2 cm³/mol. The summed E-state index contributed by atoms with van der Waals surface area (Å²) < 4.78 is 0. The van der Waals surface area contributed by atoms with Gasteiger partial charge in [0.15, 0.2) is 5.34 Å². The molecule has 0 heterocycles. The average Bonchev–Trinajstić information content (AvgIpc) is 1.61. The number of nitrogens with zero attached hydrogens (tertiary/aromatic N) is 4. The van der Waals surface area contributed by atoms with Crippen LogP contribution >= 0.6 is 0 Å². The van der Waals surface area contributed by atoms with Crippen molar-refractivity contribution < 1.29 is 4.94 Å². The summed E-state index contributed by atoms with van der Waals surface area (Å²) in [7, 11) is 0. The van der Waals surface area contributed by atoms with E-state index in [-0.39, 0.29) is 29.6 Å². The SMILES string of the molecule is [N-]=[N+]=NON=O.[NaH]. The predicted octanol–water partition coefficient (Wildman–Crippen LogP) is 0.261. The zero-order valence-corrected chi connectivity index (χ0v) is 2.61. The zero-order valence-electron chi connectivity index (χ0n) is 2.61. The maximum atomic E-state index is 8.83. The van der Waals surface area contributed by atoms with Crippen LogP contribution in [-0.4, -0.2) is 29.6 Å². The van der Waals surface area contributed by atoms with Crippen molar-refractivity contribution >= 4 is 29.6 Å². The van der Waals surface area contributed by atoms with Crippen molar-refractivity contribution in [1.29, 1.82) is 0 Å². The Hall–Kier alpha value is -0.290. The fourth-order valence-electron chi connectivity index (χ4n) is 0.0312. The van der Waals surface area contributed by atoms with Crippen molar-refractivity contribution in [2.45, 2.75) is 0 Å². The van der Waals surface area contributed by atoms with E-state index in [1.165, 1.54) is 0 Å². The van der Waals surface area contributed by atoms with Gasteiger partial charge in [-0.05, 0) is 5.53 Å². The number of hydrogen-bond donors (Lipinski definition) is 0. The molecule has 0 rings (SSSR count). The number of hydrogen-bond acceptors (Lipinski definition) is 4. The second kappa shape index (κ2) is 9.20. The van der Waals surface area contributed by atoms with Crippen LogP contribution in [0.15, 0.2) is 10.6 Å². The van der Waals surface area contributed by atoms with E-state index in [2.05, 4.69) is 10.2 Å². The summed E-state index contributed by atoms with van der Waals surface area (Å²) in [6.07, 6.45) is 0. The van der Waals surface area contributed by atoms with Crippen LogP contribution in [0.1, 0.15) is 0 Å². The third-order valence-corrected chi connectivity index (χ3v) is 0.106. The molecule has 0 spiro atoms. The summed E-state index contributed by atoms with van der Waals surface area (Å²) in [6, 6.07) is 0.